The highest BCUT2D eigenvalue weighted by Crippen LogP contribution is 2.44. The van der Waals surface area contributed by atoms with Gasteiger partial charge in [0.1, 0.15) is 16.3 Å². The van der Waals surface area contributed by atoms with Crippen LogP contribution in [0.3, 0.4) is 0 Å². The lowest BCUT2D eigenvalue weighted by atomic mass is 9.74. The minimum Gasteiger partial charge on any atom is -0.481 e. The van der Waals surface area contributed by atoms with Gasteiger partial charge in [-0.05, 0) is 62.8 Å². The van der Waals surface area contributed by atoms with E-state index in [4.69, 9.17) is 0 Å². The van der Waals surface area contributed by atoms with Crippen molar-refractivity contribution in [3.8, 4) is 10.4 Å². The lowest BCUT2D eigenvalue weighted by Gasteiger charge is -2.35. The number of halogens is 3. The molecular formula is C25H24F3N5O3S. The molecule has 37 heavy (non-hydrogen) atoms. The maximum Gasteiger partial charge on any atom is 0.433 e. The van der Waals surface area contributed by atoms with Gasteiger partial charge in [0.25, 0.3) is 0 Å². The summed E-state index contributed by atoms with van der Waals surface area (Å²) in [6, 6.07) is 6.23. The van der Waals surface area contributed by atoms with Gasteiger partial charge in [-0.15, -0.1) is 11.3 Å². The fraction of sp³-hybridized carbons (Fsp3) is 0.360. The molecule has 1 aliphatic carbocycles. The molecule has 3 aromatic heterocycles. The number of benzene rings is 1. The van der Waals surface area contributed by atoms with E-state index in [1.807, 2.05) is 6.07 Å². The van der Waals surface area contributed by atoms with Gasteiger partial charge in [0.15, 0.2) is 0 Å². The molecule has 5 rings (SSSR count). The number of thiazole rings is 1. The summed E-state index contributed by atoms with van der Waals surface area (Å²) in [7, 11) is 0. The van der Waals surface area contributed by atoms with E-state index in [-0.39, 0.29) is 17.8 Å². The molecule has 0 bridgehead atoms. The van der Waals surface area contributed by atoms with Crippen molar-refractivity contribution in [1.29, 1.82) is 0 Å². The van der Waals surface area contributed by atoms with E-state index >= 15 is 0 Å². The molecule has 4 aromatic rings. The number of carboxylic acids is 1. The molecule has 12 heteroatoms. The number of aromatic nitrogens is 4. The van der Waals surface area contributed by atoms with Crippen LogP contribution in [0.15, 0.2) is 42.9 Å². The van der Waals surface area contributed by atoms with E-state index in [0.717, 1.165) is 33.6 Å². The maximum atomic E-state index is 13.1. The summed E-state index contributed by atoms with van der Waals surface area (Å²) in [6.07, 6.45) is 2.12. The molecule has 0 radical (unpaired) electrons. The standard InChI is InChI=1S/C25H24F3N5O3S/c1-24(36,14-4-2-13(3-5-14)21(34)35)22-31-12-19(37-22)17-10-15(11-18-16(17)6-8-29-18)32-23-30-9-7-20(33-23)25(26,27)28/h6-14,29,36H,2-5H2,1H3,(H,34,35)(H,30,32,33)/t13-,14-,24-/m0/s1. The number of nitrogens with zero attached hydrogens (tertiary/aromatic N) is 3. The normalized spacial score (nSPS) is 20.0. The molecule has 1 aromatic carbocycles. The number of aliphatic hydroxyl groups is 1. The first-order valence-corrected chi connectivity index (χ1v) is 12.5. The van der Waals surface area contributed by atoms with Crippen LogP contribution in [0.2, 0.25) is 0 Å². The number of hydrogen-bond acceptors (Lipinski definition) is 7. The molecule has 3 heterocycles. The lowest BCUT2D eigenvalue weighted by molar-refractivity contribution is -0.144. The first kappa shape index (κ1) is 25.2. The highest BCUT2D eigenvalue weighted by molar-refractivity contribution is 7.15. The largest absolute Gasteiger partial charge is 0.481 e. The quantitative estimate of drug-likeness (QED) is 0.243. The van der Waals surface area contributed by atoms with Crippen molar-refractivity contribution in [3.05, 3.63) is 53.6 Å². The summed E-state index contributed by atoms with van der Waals surface area (Å²) in [6.45, 7) is 1.72. The van der Waals surface area contributed by atoms with E-state index in [1.54, 1.807) is 31.5 Å². The van der Waals surface area contributed by atoms with Crippen LogP contribution in [0.5, 0.6) is 0 Å². The van der Waals surface area contributed by atoms with Crippen LogP contribution >= 0.6 is 11.3 Å². The summed E-state index contributed by atoms with van der Waals surface area (Å²) < 4.78 is 39.2. The van der Waals surface area contributed by atoms with Crippen LogP contribution in [0.4, 0.5) is 24.8 Å². The fourth-order valence-corrected chi connectivity index (χ4v) is 5.93. The number of aliphatic carboxylic acids is 1. The number of fused-ring (bicyclic) bond motifs is 1. The maximum absolute atomic E-state index is 13.1. The van der Waals surface area contributed by atoms with Crippen molar-refractivity contribution in [2.45, 2.75) is 44.4 Å². The second-order valence-corrected chi connectivity index (χ2v) is 10.4. The van der Waals surface area contributed by atoms with Gasteiger partial charge in [0, 0.05) is 40.7 Å². The smallest absolute Gasteiger partial charge is 0.433 e. The third-order valence-electron chi connectivity index (χ3n) is 6.95. The summed E-state index contributed by atoms with van der Waals surface area (Å²) >= 11 is 1.33. The predicted molar refractivity (Wildman–Crippen MR) is 132 cm³/mol. The van der Waals surface area contributed by atoms with Crippen molar-refractivity contribution in [2.75, 3.05) is 5.32 Å². The van der Waals surface area contributed by atoms with Crippen LogP contribution in [0, 0.1) is 11.8 Å². The predicted octanol–water partition coefficient (Wildman–Crippen LogP) is 5.94. The highest BCUT2D eigenvalue weighted by Gasteiger charge is 2.40. The number of alkyl halides is 3. The molecule has 0 unspecified atom stereocenters. The zero-order valence-electron chi connectivity index (χ0n) is 19.7. The Bertz CT molecular complexity index is 1440. The minimum absolute atomic E-state index is 0.111. The molecule has 1 atom stereocenters. The first-order chi connectivity index (χ1) is 17.5. The van der Waals surface area contributed by atoms with Crippen LogP contribution < -0.4 is 5.32 Å². The van der Waals surface area contributed by atoms with Crippen molar-refractivity contribution >= 4 is 39.8 Å². The SMILES string of the molecule is C[C@@](O)(c1ncc(-c2cc(Nc3nccc(C(F)(F)F)n3)cc3[nH]ccc23)s1)[C@H]1CC[C@H](C(=O)O)CC1. The molecule has 0 amide bonds. The number of carboxylic acid groups (broad SMARTS) is 1. The summed E-state index contributed by atoms with van der Waals surface area (Å²) in [5.41, 5.74) is -0.246. The van der Waals surface area contributed by atoms with Crippen molar-refractivity contribution in [2.24, 2.45) is 11.8 Å². The van der Waals surface area contributed by atoms with Gasteiger partial charge in [-0.3, -0.25) is 4.79 Å². The average Bonchev–Trinajstić information content (AvgIpc) is 3.54. The summed E-state index contributed by atoms with van der Waals surface area (Å²) in [5.74, 6) is -1.47. The van der Waals surface area contributed by atoms with Gasteiger partial charge in [-0.25, -0.2) is 15.0 Å². The van der Waals surface area contributed by atoms with Crippen LogP contribution in [0.1, 0.15) is 43.3 Å². The van der Waals surface area contributed by atoms with Crippen LogP contribution in [-0.2, 0) is 16.6 Å². The lowest BCUT2D eigenvalue weighted by Crippen LogP contribution is -2.35. The molecule has 4 N–H and O–H groups in total. The van der Waals surface area contributed by atoms with Gasteiger partial charge in [0.2, 0.25) is 5.95 Å². The first-order valence-electron chi connectivity index (χ1n) is 11.7. The Morgan fingerprint density at radius 1 is 1.16 bits per heavy atom. The van der Waals surface area contributed by atoms with E-state index in [2.05, 4.69) is 25.3 Å². The number of rotatable bonds is 6. The van der Waals surface area contributed by atoms with E-state index in [1.165, 1.54) is 11.3 Å². The average molecular weight is 532 g/mol. The monoisotopic (exact) mass is 531 g/mol. The second-order valence-electron chi connectivity index (χ2n) is 9.41. The zero-order valence-corrected chi connectivity index (χ0v) is 20.5. The Kier molecular flexibility index (Phi) is 6.40. The van der Waals surface area contributed by atoms with Gasteiger partial charge in [-0.2, -0.15) is 13.2 Å². The Morgan fingerprint density at radius 2 is 1.92 bits per heavy atom. The van der Waals surface area contributed by atoms with Crippen molar-refractivity contribution in [3.63, 3.8) is 0 Å². The van der Waals surface area contributed by atoms with E-state index in [9.17, 15) is 28.2 Å². The number of H-pyrrole nitrogens is 1. The Morgan fingerprint density at radius 3 is 2.62 bits per heavy atom. The van der Waals surface area contributed by atoms with Crippen molar-refractivity contribution < 1.29 is 28.2 Å². The van der Waals surface area contributed by atoms with Gasteiger partial charge >= 0.3 is 12.1 Å². The molecule has 1 saturated carbocycles. The topological polar surface area (TPSA) is 124 Å². The molecule has 1 fully saturated rings. The molecule has 1 aliphatic rings. The van der Waals surface area contributed by atoms with Gasteiger partial charge < -0.3 is 20.5 Å². The molecule has 0 aliphatic heterocycles. The fourth-order valence-electron chi connectivity index (χ4n) is 4.86. The zero-order chi connectivity index (χ0) is 26.4. The molecule has 0 spiro atoms. The Hall–Kier alpha value is -3.51. The minimum atomic E-state index is -4.59. The third-order valence-corrected chi connectivity index (χ3v) is 8.20. The number of nitrogens with one attached hydrogen (secondary N) is 2. The molecule has 0 saturated heterocycles. The molecule has 194 valence electrons. The summed E-state index contributed by atoms with van der Waals surface area (Å²) in [5, 5.41) is 24.9. The Balaban J connectivity index is 1.43. The Labute approximate surface area is 213 Å². The number of carbonyl (C=O) groups is 1. The van der Waals surface area contributed by atoms with E-state index < -0.39 is 23.4 Å². The molecule has 8 nitrogen and oxygen atoms in total. The number of hydrogen-bond donors (Lipinski definition) is 4. The molecular weight excluding hydrogens is 507 g/mol. The third kappa shape index (κ3) is 5.03. The van der Waals surface area contributed by atoms with Gasteiger partial charge in [-0.1, -0.05) is 0 Å². The second kappa shape index (κ2) is 9.42. The van der Waals surface area contributed by atoms with Crippen LogP contribution in [-0.4, -0.2) is 36.1 Å². The number of aromatic amines is 1. The summed E-state index contributed by atoms with van der Waals surface area (Å²) in [4.78, 5) is 27.2. The number of anilines is 2. The van der Waals surface area contributed by atoms with E-state index in [0.29, 0.717) is 36.4 Å². The highest BCUT2D eigenvalue weighted by atomic mass is 32.1. The van der Waals surface area contributed by atoms with Crippen molar-refractivity contribution in [1.82, 2.24) is 19.9 Å². The van der Waals surface area contributed by atoms with Crippen LogP contribution in [0.25, 0.3) is 21.3 Å². The van der Waals surface area contributed by atoms with Gasteiger partial charge in [0.05, 0.1) is 10.8 Å².